The summed E-state index contributed by atoms with van der Waals surface area (Å²) in [5, 5.41) is 0. The van der Waals surface area contributed by atoms with E-state index in [0.29, 0.717) is 11.3 Å². The second-order valence-electron chi connectivity index (χ2n) is 4.03. The number of rotatable bonds is 2. The van der Waals surface area contributed by atoms with Crippen molar-refractivity contribution in [2.45, 2.75) is 26.4 Å². The molecule has 14 heavy (non-hydrogen) atoms. The Hall–Kier alpha value is -1.31. The minimum atomic E-state index is -1.31. The van der Waals surface area contributed by atoms with Gasteiger partial charge in [-0.05, 0) is 43.5 Å². The molecule has 0 aliphatic heterocycles. The monoisotopic (exact) mass is 193 g/mol. The first-order chi connectivity index (χ1) is 6.32. The number of alkyl halides is 1. The molecule has 0 fully saturated rings. The number of hydrogen-bond acceptors (Lipinski definition) is 1. The van der Waals surface area contributed by atoms with Crippen molar-refractivity contribution in [1.82, 2.24) is 0 Å². The van der Waals surface area contributed by atoms with Gasteiger partial charge in [0.05, 0.1) is 0 Å². The average Bonchev–Trinajstić information content (AvgIpc) is 2.01. The van der Waals surface area contributed by atoms with E-state index in [1.165, 1.54) is 0 Å². The first-order valence-electron chi connectivity index (χ1n) is 4.57. The van der Waals surface area contributed by atoms with E-state index in [4.69, 9.17) is 5.73 Å². The van der Waals surface area contributed by atoms with E-state index in [1.54, 1.807) is 26.0 Å². The van der Waals surface area contributed by atoms with Crippen molar-refractivity contribution < 1.29 is 4.39 Å². The van der Waals surface area contributed by atoms with Gasteiger partial charge in [0.2, 0.25) is 0 Å². The van der Waals surface area contributed by atoms with E-state index in [1.807, 2.05) is 13.0 Å². The lowest BCUT2D eigenvalue weighted by atomic mass is 9.93. The van der Waals surface area contributed by atoms with E-state index in [-0.39, 0.29) is 0 Å². The largest absolute Gasteiger partial charge is 0.399 e. The molecule has 1 aromatic carbocycles. The van der Waals surface area contributed by atoms with E-state index in [9.17, 15) is 4.39 Å². The van der Waals surface area contributed by atoms with Gasteiger partial charge in [0.15, 0.2) is 0 Å². The molecular weight excluding hydrogens is 177 g/mol. The van der Waals surface area contributed by atoms with Crippen molar-refractivity contribution in [3.8, 4) is 0 Å². The van der Waals surface area contributed by atoms with Crippen LogP contribution in [0.5, 0.6) is 0 Å². The molecule has 0 aromatic heterocycles. The molecule has 2 heteroatoms. The van der Waals surface area contributed by atoms with Gasteiger partial charge >= 0.3 is 0 Å². The summed E-state index contributed by atoms with van der Waals surface area (Å²) < 4.78 is 13.7. The van der Waals surface area contributed by atoms with E-state index < -0.39 is 5.67 Å². The summed E-state index contributed by atoms with van der Waals surface area (Å²) in [6, 6.07) is 5.42. The first kappa shape index (κ1) is 10.8. The molecule has 0 saturated heterocycles. The second-order valence-corrected chi connectivity index (χ2v) is 4.03. The maximum atomic E-state index is 13.7. The van der Waals surface area contributed by atoms with Gasteiger partial charge in [-0.25, -0.2) is 4.39 Å². The van der Waals surface area contributed by atoms with Gasteiger partial charge in [0, 0.05) is 5.70 Å². The lowest BCUT2D eigenvalue weighted by molar-refractivity contribution is 0.220. The van der Waals surface area contributed by atoms with Crippen LogP contribution in [0, 0.1) is 6.92 Å². The molecule has 1 aromatic rings. The smallest absolute Gasteiger partial charge is 0.130 e. The summed E-state index contributed by atoms with van der Waals surface area (Å²) in [7, 11) is 0. The summed E-state index contributed by atoms with van der Waals surface area (Å²) >= 11 is 0. The Kier molecular flexibility index (Phi) is 2.65. The number of halogens is 1. The highest BCUT2D eigenvalue weighted by Crippen LogP contribution is 2.28. The maximum Gasteiger partial charge on any atom is 0.130 e. The quantitative estimate of drug-likeness (QED) is 0.767. The first-order valence-corrected chi connectivity index (χ1v) is 4.57. The molecule has 0 aliphatic rings. The summed E-state index contributed by atoms with van der Waals surface area (Å²) in [6.45, 7) is 8.62. The SMILES string of the molecule is C=C(N)c1ccc(C(C)(C)F)c(C)c1. The van der Waals surface area contributed by atoms with Crippen molar-refractivity contribution >= 4 is 5.70 Å². The third-order valence-corrected chi connectivity index (χ3v) is 2.24. The van der Waals surface area contributed by atoms with Gasteiger partial charge in [-0.2, -0.15) is 0 Å². The molecule has 0 unspecified atom stereocenters. The molecule has 1 rings (SSSR count). The van der Waals surface area contributed by atoms with Crippen molar-refractivity contribution in [2.75, 3.05) is 0 Å². The number of benzene rings is 1. The van der Waals surface area contributed by atoms with Crippen LogP contribution in [0.15, 0.2) is 24.8 Å². The number of hydrogen-bond donors (Lipinski definition) is 1. The van der Waals surface area contributed by atoms with Crippen LogP contribution >= 0.6 is 0 Å². The molecular formula is C12H16FN. The normalized spacial score (nSPS) is 11.4. The standard InChI is InChI=1S/C12H16FN/c1-8-7-10(9(2)14)5-6-11(8)12(3,4)13/h5-7H,2,14H2,1,3-4H3. The number of aryl methyl sites for hydroxylation is 1. The Morgan fingerprint density at radius 3 is 2.36 bits per heavy atom. The Labute approximate surface area is 84.4 Å². The molecule has 0 saturated carbocycles. The Bertz CT molecular complexity index is 361. The van der Waals surface area contributed by atoms with Gasteiger partial charge in [0.1, 0.15) is 5.67 Å². The Morgan fingerprint density at radius 1 is 1.43 bits per heavy atom. The average molecular weight is 193 g/mol. The minimum absolute atomic E-state index is 0.510. The Morgan fingerprint density at radius 2 is 2.00 bits per heavy atom. The zero-order valence-corrected chi connectivity index (χ0v) is 8.89. The zero-order chi connectivity index (χ0) is 10.9. The van der Waals surface area contributed by atoms with Crippen LogP contribution in [-0.4, -0.2) is 0 Å². The summed E-state index contributed by atoms with van der Waals surface area (Å²) in [6.07, 6.45) is 0. The highest BCUT2D eigenvalue weighted by Gasteiger charge is 2.20. The third-order valence-electron chi connectivity index (χ3n) is 2.24. The van der Waals surface area contributed by atoms with Crippen LogP contribution in [0.1, 0.15) is 30.5 Å². The fourth-order valence-corrected chi connectivity index (χ4v) is 1.53. The fraction of sp³-hybridized carbons (Fsp3) is 0.333. The van der Waals surface area contributed by atoms with Crippen LogP contribution in [0.4, 0.5) is 4.39 Å². The fourth-order valence-electron chi connectivity index (χ4n) is 1.53. The van der Waals surface area contributed by atoms with Crippen LogP contribution in [0.2, 0.25) is 0 Å². The van der Waals surface area contributed by atoms with Crippen molar-refractivity contribution in [2.24, 2.45) is 5.73 Å². The predicted molar refractivity (Wildman–Crippen MR) is 58.5 cm³/mol. The lowest BCUT2D eigenvalue weighted by Gasteiger charge is -2.18. The van der Waals surface area contributed by atoms with Crippen LogP contribution < -0.4 is 5.73 Å². The molecule has 2 N–H and O–H groups in total. The van der Waals surface area contributed by atoms with Crippen LogP contribution in [-0.2, 0) is 5.67 Å². The summed E-state index contributed by atoms with van der Waals surface area (Å²) in [5.41, 5.74) is 7.21. The van der Waals surface area contributed by atoms with E-state index in [0.717, 1.165) is 11.1 Å². The topological polar surface area (TPSA) is 26.0 Å². The lowest BCUT2D eigenvalue weighted by Crippen LogP contribution is -2.11. The molecule has 0 bridgehead atoms. The van der Waals surface area contributed by atoms with Crippen LogP contribution in [0.25, 0.3) is 5.70 Å². The molecule has 0 amide bonds. The predicted octanol–water partition coefficient (Wildman–Crippen LogP) is 3.13. The molecule has 0 atom stereocenters. The van der Waals surface area contributed by atoms with Crippen molar-refractivity contribution in [1.29, 1.82) is 0 Å². The summed E-state index contributed by atoms with van der Waals surface area (Å²) in [4.78, 5) is 0. The van der Waals surface area contributed by atoms with Gasteiger partial charge in [-0.1, -0.05) is 18.7 Å². The van der Waals surface area contributed by atoms with Crippen molar-refractivity contribution in [3.63, 3.8) is 0 Å². The molecule has 0 radical (unpaired) electrons. The van der Waals surface area contributed by atoms with Gasteiger partial charge < -0.3 is 5.73 Å². The molecule has 0 spiro atoms. The molecule has 0 aliphatic carbocycles. The van der Waals surface area contributed by atoms with E-state index in [2.05, 4.69) is 6.58 Å². The van der Waals surface area contributed by atoms with E-state index >= 15 is 0 Å². The van der Waals surface area contributed by atoms with Gasteiger partial charge in [-0.3, -0.25) is 0 Å². The zero-order valence-electron chi connectivity index (χ0n) is 8.89. The molecule has 0 heterocycles. The Balaban J connectivity index is 3.21. The highest BCUT2D eigenvalue weighted by molar-refractivity contribution is 5.61. The summed E-state index contributed by atoms with van der Waals surface area (Å²) in [5.74, 6) is 0. The van der Waals surface area contributed by atoms with Crippen molar-refractivity contribution in [3.05, 3.63) is 41.5 Å². The maximum absolute atomic E-state index is 13.7. The minimum Gasteiger partial charge on any atom is -0.399 e. The van der Waals surface area contributed by atoms with Gasteiger partial charge in [0.25, 0.3) is 0 Å². The molecule has 76 valence electrons. The second kappa shape index (κ2) is 3.45. The van der Waals surface area contributed by atoms with Gasteiger partial charge in [-0.15, -0.1) is 0 Å². The highest BCUT2D eigenvalue weighted by atomic mass is 19.1. The van der Waals surface area contributed by atoms with Crippen LogP contribution in [0.3, 0.4) is 0 Å². The number of nitrogens with two attached hydrogens (primary N) is 1. The molecule has 1 nitrogen and oxygen atoms in total. The third kappa shape index (κ3) is 2.13.